The van der Waals surface area contributed by atoms with Crippen LogP contribution in [0.1, 0.15) is 0 Å². The lowest BCUT2D eigenvalue weighted by Crippen LogP contribution is -0.381. The highest BCUT2D eigenvalue weighted by molar-refractivity contribution is 5.75. The molecule has 0 aliphatic rings. The van der Waals surface area contributed by atoms with Crippen molar-refractivity contribution in [3.8, 4) is 0 Å². The van der Waals surface area contributed by atoms with Crippen LogP contribution < -0.4 is 0 Å². The maximum Gasteiger partial charge on any atom is 0.187 e. The van der Waals surface area contributed by atoms with Crippen LogP contribution in [-0.2, 0) is 0 Å². The highest BCUT2D eigenvalue weighted by atomic mass is 27.0. The molecule has 0 rings (SSSR count). The summed E-state index contributed by atoms with van der Waals surface area (Å²) >= 11 is 0. The summed E-state index contributed by atoms with van der Waals surface area (Å²) in [6.45, 7) is 0. The Morgan fingerprint density at radius 2 is 0.400 bits per heavy atom. The molecule has 0 aromatic rings. The molecule has 5 heavy (non-hydrogen) atoms. The van der Waals surface area contributed by atoms with Crippen molar-refractivity contribution < 1.29 is 21.9 Å². The Bertz CT molecular complexity index is 3.61. The first kappa shape index (κ1) is 740. The van der Waals surface area contributed by atoms with Crippen molar-refractivity contribution in [2.45, 2.75) is 0 Å². The Hall–Kier alpha value is 0.372. The van der Waals surface area contributed by atoms with Gasteiger partial charge in [-0.1, -0.05) is 0 Å². The van der Waals surface area contributed by atoms with Crippen LogP contribution in [0.25, 0.3) is 0 Å². The molecule has 38 valence electrons. The molecule has 0 saturated carbocycles. The minimum absolute atomic E-state index is 0. The van der Waals surface area contributed by atoms with E-state index in [4.69, 9.17) is 0 Å². The zero-order valence-corrected chi connectivity index (χ0v) is 2.00. The zero-order valence-electron chi connectivity index (χ0n) is 2.00. The van der Waals surface area contributed by atoms with Gasteiger partial charge in [-0.25, -0.2) is 0 Å². The standard InChI is InChI=1S/Al.4H2O.3H/h;4*1H2;;;. The van der Waals surface area contributed by atoms with Gasteiger partial charge in [-0.2, -0.15) is 0 Å². The molecule has 0 fully saturated rings. The van der Waals surface area contributed by atoms with Gasteiger partial charge in [-0.15, -0.1) is 0 Å². The van der Waals surface area contributed by atoms with E-state index in [1.54, 1.807) is 0 Å². The van der Waals surface area contributed by atoms with Gasteiger partial charge in [0.25, 0.3) is 0 Å². The normalized spacial score (nSPS) is 0. The zero-order chi connectivity index (χ0) is 0. The molecule has 0 amide bonds. The summed E-state index contributed by atoms with van der Waals surface area (Å²) in [5.74, 6) is 0. The van der Waals surface area contributed by atoms with Crippen molar-refractivity contribution in [2.75, 3.05) is 0 Å². The minimum Gasteiger partial charge on any atom is -0.412 e. The SMILES string of the molecule is O.O.O.O.[AlH3]. The van der Waals surface area contributed by atoms with Gasteiger partial charge in [0, 0.05) is 0 Å². The third kappa shape index (κ3) is 177. The van der Waals surface area contributed by atoms with E-state index >= 15 is 0 Å². The molecule has 0 aliphatic heterocycles. The van der Waals surface area contributed by atoms with Crippen LogP contribution in [0.4, 0.5) is 0 Å². The first-order chi connectivity index (χ1) is 0. The van der Waals surface area contributed by atoms with E-state index in [0.717, 1.165) is 0 Å². The Balaban J connectivity index is 0. The number of hydrogen-bond donors (Lipinski definition) is 0. The van der Waals surface area contributed by atoms with E-state index in [0.29, 0.717) is 0 Å². The first-order valence-electron chi connectivity index (χ1n) is 0. The van der Waals surface area contributed by atoms with Gasteiger partial charge in [0.15, 0.2) is 17.4 Å². The molecule has 0 heterocycles. The van der Waals surface area contributed by atoms with E-state index in [9.17, 15) is 0 Å². The molecule has 5 heteroatoms. The average molecular weight is 102 g/mol. The molecule has 0 radical (unpaired) electrons. The van der Waals surface area contributed by atoms with Crippen molar-refractivity contribution in [3.63, 3.8) is 0 Å². The van der Waals surface area contributed by atoms with Gasteiger partial charge in [-0.05, 0) is 0 Å². The Kier molecular flexibility index (Phi) is 53100. The van der Waals surface area contributed by atoms with Gasteiger partial charge in [0.1, 0.15) is 0 Å². The monoisotopic (exact) mass is 102 g/mol. The van der Waals surface area contributed by atoms with Gasteiger partial charge < -0.3 is 21.9 Å². The van der Waals surface area contributed by atoms with E-state index in [-0.39, 0.29) is 39.3 Å². The van der Waals surface area contributed by atoms with Crippen LogP contribution in [0, 0.1) is 0 Å². The quantitative estimate of drug-likeness (QED) is 0.273. The van der Waals surface area contributed by atoms with Crippen LogP contribution in [0.3, 0.4) is 0 Å². The lowest BCUT2D eigenvalue weighted by Gasteiger charge is -0.413. The average Bonchev–Trinajstić information content (AvgIpc) is 0. The lowest BCUT2D eigenvalue weighted by molar-refractivity contribution is 0.823. The molecule has 8 N–H and O–H groups in total. The summed E-state index contributed by atoms with van der Waals surface area (Å²) in [6, 6.07) is 0. The second-order valence-electron chi connectivity index (χ2n) is 0. The van der Waals surface area contributed by atoms with Crippen molar-refractivity contribution in [3.05, 3.63) is 0 Å². The van der Waals surface area contributed by atoms with Gasteiger partial charge >= 0.3 is 0 Å². The fraction of sp³-hybridized carbons (Fsp3) is 0. The summed E-state index contributed by atoms with van der Waals surface area (Å²) in [4.78, 5) is 0. The fourth-order valence-corrected chi connectivity index (χ4v) is 0. The topological polar surface area (TPSA) is 126 Å². The van der Waals surface area contributed by atoms with Gasteiger partial charge in [-0.3, -0.25) is 0 Å². The van der Waals surface area contributed by atoms with Crippen molar-refractivity contribution >= 4 is 17.4 Å². The van der Waals surface area contributed by atoms with Crippen LogP contribution >= 0.6 is 0 Å². The molecular weight excluding hydrogens is 91.0 g/mol. The Morgan fingerprint density at radius 1 is 0.400 bits per heavy atom. The number of hydrogen-bond acceptors (Lipinski definition) is 0. The van der Waals surface area contributed by atoms with Crippen molar-refractivity contribution in [1.82, 2.24) is 0 Å². The minimum atomic E-state index is 0. The Labute approximate surface area is 40.2 Å². The van der Waals surface area contributed by atoms with Crippen LogP contribution in [0.15, 0.2) is 0 Å². The highest BCUT2D eigenvalue weighted by Gasteiger charge is 0.187. The van der Waals surface area contributed by atoms with E-state index in [1.807, 2.05) is 0 Å². The van der Waals surface area contributed by atoms with Gasteiger partial charge in [0.05, 0.1) is 0 Å². The van der Waals surface area contributed by atoms with Gasteiger partial charge in [0.2, 0.25) is 0 Å². The molecule has 0 unspecified atom stereocenters. The van der Waals surface area contributed by atoms with E-state index < -0.39 is 0 Å². The maximum atomic E-state index is 0. The third-order valence-electron chi connectivity index (χ3n) is 0. The second kappa shape index (κ2) is 358. The van der Waals surface area contributed by atoms with E-state index in [1.165, 1.54) is 0 Å². The summed E-state index contributed by atoms with van der Waals surface area (Å²) < 4.78 is 0. The van der Waals surface area contributed by atoms with Crippen molar-refractivity contribution in [1.29, 1.82) is 0 Å². The maximum absolute atomic E-state index is 0. The predicted octanol–water partition coefficient (Wildman–Crippen LogP) is -4.48. The van der Waals surface area contributed by atoms with Crippen molar-refractivity contribution in [2.24, 2.45) is 0 Å². The largest absolute Gasteiger partial charge is 0.412 e. The predicted molar refractivity (Wildman–Crippen MR) is 24.4 cm³/mol. The van der Waals surface area contributed by atoms with E-state index in [2.05, 4.69) is 0 Å². The fourth-order valence-electron chi connectivity index (χ4n) is 0. The molecular formula is H11AlO4. The third-order valence-corrected chi connectivity index (χ3v) is 0. The first-order valence-corrected chi connectivity index (χ1v) is 0. The molecule has 0 aliphatic carbocycles. The summed E-state index contributed by atoms with van der Waals surface area (Å²) in [5.41, 5.74) is 0. The molecule has 0 atom stereocenters. The molecule has 0 saturated heterocycles. The second-order valence-corrected chi connectivity index (χ2v) is 0. The molecule has 0 aromatic carbocycles. The highest BCUT2D eigenvalue weighted by Crippen LogP contribution is -0.286. The Morgan fingerprint density at radius 3 is 0.400 bits per heavy atom. The molecule has 4 nitrogen and oxygen atoms in total. The molecule has 0 spiro atoms. The smallest absolute Gasteiger partial charge is 0.187 e. The summed E-state index contributed by atoms with van der Waals surface area (Å²) in [5, 5.41) is 0. The lowest BCUT2D eigenvalue weighted by atomic mass is 16.0. The molecule has 0 bridgehead atoms. The summed E-state index contributed by atoms with van der Waals surface area (Å²) in [7, 11) is 0. The van der Waals surface area contributed by atoms with Crippen LogP contribution in [-0.4, -0.2) is 39.3 Å². The van der Waals surface area contributed by atoms with Crippen LogP contribution in [0.5, 0.6) is 0 Å². The van der Waals surface area contributed by atoms with Crippen LogP contribution in [0.2, 0.25) is 0 Å². The number of rotatable bonds is 0. The summed E-state index contributed by atoms with van der Waals surface area (Å²) in [6.07, 6.45) is 0. The molecule has 0 aromatic heterocycles.